The number of esters is 1. The maximum absolute atomic E-state index is 13.6. The Morgan fingerprint density at radius 1 is 0.594 bits per heavy atom. The van der Waals surface area contributed by atoms with E-state index in [0.717, 1.165) is 32.1 Å². The van der Waals surface area contributed by atoms with Crippen LogP contribution in [0, 0.1) is 5.41 Å². The molecule has 5 aromatic carbocycles. The van der Waals surface area contributed by atoms with E-state index in [1.165, 1.54) is 0 Å². The highest BCUT2D eigenvalue weighted by Gasteiger charge is 2.61. The van der Waals surface area contributed by atoms with Gasteiger partial charge in [0.15, 0.2) is 6.29 Å². The summed E-state index contributed by atoms with van der Waals surface area (Å²) in [5.41, 5.74) is 0.164. The maximum Gasteiger partial charge on any atom is 0.311 e. The molecular weight excluding hydrogens is 833 g/mol. The Bertz CT molecular complexity index is 2140. The Balaban J connectivity index is 1.66. The van der Waals surface area contributed by atoms with Gasteiger partial charge in [-0.25, -0.2) is 0 Å². The molecule has 0 saturated carbocycles. The van der Waals surface area contributed by atoms with Gasteiger partial charge < -0.3 is 32.5 Å². The number of hydrogen-bond acceptors (Lipinski definition) is 8. The standard InChI is InChI=1S/C54H68O8Si2/c1-12-37-57-50-49(62-64(54(8,9)10,44-29-21-15-22-30-44)45-31-23-16-24-32-45)48(61-63(53(5,6)7,42-25-17-13-18-26-42)43-27-19-14-20-28-43)47(46(60-50)39-59-51(55)52(2,3)4)58-38-40-33-35-41(56-11)36-34-40/h12-36,46-50H,1,37-39H2,2-11H3/t46-,47-,48+,49-,50-/m1/s1. The molecule has 10 heteroatoms. The van der Waals surface area contributed by atoms with Gasteiger partial charge in [-0.15, -0.1) is 6.58 Å². The van der Waals surface area contributed by atoms with Gasteiger partial charge in [-0.3, -0.25) is 4.79 Å². The Kier molecular flexibility index (Phi) is 15.8. The van der Waals surface area contributed by atoms with E-state index in [9.17, 15) is 4.79 Å². The molecule has 1 fully saturated rings. The van der Waals surface area contributed by atoms with Crippen LogP contribution in [0.15, 0.2) is 158 Å². The van der Waals surface area contributed by atoms with Crippen molar-refractivity contribution in [2.45, 2.75) is 110 Å². The first kappa shape index (κ1) is 48.8. The largest absolute Gasteiger partial charge is 0.497 e. The molecular formula is C54H68O8Si2. The quantitative estimate of drug-likeness (QED) is 0.0520. The van der Waals surface area contributed by atoms with E-state index in [0.29, 0.717) is 0 Å². The van der Waals surface area contributed by atoms with E-state index < -0.39 is 62.8 Å². The van der Waals surface area contributed by atoms with Crippen LogP contribution in [0.4, 0.5) is 0 Å². The molecule has 5 aromatic rings. The van der Waals surface area contributed by atoms with Crippen LogP contribution in [-0.2, 0) is 39.2 Å². The molecule has 1 saturated heterocycles. The van der Waals surface area contributed by atoms with Gasteiger partial charge in [0.05, 0.1) is 25.7 Å². The van der Waals surface area contributed by atoms with Crippen LogP contribution >= 0.6 is 0 Å². The molecule has 6 rings (SSSR count). The summed E-state index contributed by atoms with van der Waals surface area (Å²) < 4.78 is 49.1. The average molecular weight is 901 g/mol. The number of methoxy groups -OCH3 is 1. The summed E-state index contributed by atoms with van der Waals surface area (Å²) in [6, 6.07) is 50.1. The van der Waals surface area contributed by atoms with Crippen LogP contribution in [0.25, 0.3) is 0 Å². The van der Waals surface area contributed by atoms with Gasteiger partial charge in [0.25, 0.3) is 16.6 Å². The van der Waals surface area contributed by atoms with E-state index >= 15 is 0 Å². The first-order valence-corrected chi connectivity index (χ1v) is 26.2. The lowest BCUT2D eigenvalue weighted by molar-refractivity contribution is -0.300. The number of carbonyl (C=O) groups is 1. The van der Waals surface area contributed by atoms with Crippen molar-refractivity contribution in [1.29, 1.82) is 0 Å². The monoisotopic (exact) mass is 900 g/mol. The fraction of sp³-hybridized carbons (Fsp3) is 0.389. The van der Waals surface area contributed by atoms with Crippen LogP contribution in [0.3, 0.4) is 0 Å². The summed E-state index contributed by atoms with van der Waals surface area (Å²) in [4.78, 5) is 13.6. The normalized spacial score (nSPS) is 19.8. The first-order valence-electron chi connectivity index (χ1n) is 22.3. The van der Waals surface area contributed by atoms with Gasteiger partial charge in [0, 0.05) is 0 Å². The summed E-state index contributed by atoms with van der Waals surface area (Å²) in [5.74, 6) is 0.384. The Morgan fingerprint density at radius 2 is 1.02 bits per heavy atom. The summed E-state index contributed by atoms with van der Waals surface area (Å²) in [7, 11) is -5.09. The molecule has 8 nitrogen and oxygen atoms in total. The van der Waals surface area contributed by atoms with E-state index in [1.54, 1.807) is 13.2 Å². The van der Waals surface area contributed by atoms with Crippen LogP contribution in [0.5, 0.6) is 5.75 Å². The van der Waals surface area contributed by atoms with Crippen molar-refractivity contribution in [3.8, 4) is 5.75 Å². The van der Waals surface area contributed by atoms with E-state index in [1.807, 2.05) is 69.3 Å². The molecule has 0 aliphatic carbocycles. The van der Waals surface area contributed by atoms with Gasteiger partial charge >= 0.3 is 5.97 Å². The van der Waals surface area contributed by atoms with Gasteiger partial charge in [-0.2, -0.15) is 0 Å². The minimum Gasteiger partial charge on any atom is -0.497 e. The Morgan fingerprint density at radius 3 is 1.39 bits per heavy atom. The fourth-order valence-electron chi connectivity index (χ4n) is 8.85. The second kappa shape index (κ2) is 20.7. The van der Waals surface area contributed by atoms with Crippen molar-refractivity contribution in [2.75, 3.05) is 20.3 Å². The third-order valence-corrected chi connectivity index (χ3v) is 22.1. The second-order valence-electron chi connectivity index (χ2n) is 19.6. The number of ether oxygens (including phenoxy) is 5. The average Bonchev–Trinajstić information content (AvgIpc) is 3.28. The third-order valence-electron chi connectivity index (χ3n) is 12.0. The lowest BCUT2D eigenvalue weighted by atomic mass is 9.97. The highest BCUT2D eigenvalue weighted by atomic mass is 28.4. The van der Waals surface area contributed by atoms with Crippen LogP contribution in [0.1, 0.15) is 67.9 Å². The molecule has 5 atom stereocenters. The van der Waals surface area contributed by atoms with Crippen molar-refractivity contribution < 1.29 is 37.3 Å². The molecule has 0 radical (unpaired) electrons. The molecule has 1 aliphatic rings. The van der Waals surface area contributed by atoms with E-state index in [2.05, 4.69) is 145 Å². The zero-order valence-electron chi connectivity index (χ0n) is 39.4. The van der Waals surface area contributed by atoms with E-state index in [-0.39, 0.29) is 25.8 Å². The van der Waals surface area contributed by atoms with Crippen LogP contribution < -0.4 is 25.5 Å². The van der Waals surface area contributed by atoms with Gasteiger partial charge in [0.2, 0.25) is 0 Å². The summed E-state index contributed by atoms with van der Waals surface area (Å²) in [6.07, 6.45) is -2.66. The molecule has 340 valence electrons. The van der Waals surface area contributed by atoms with Crippen molar-refractivity contribution >= 4 is 43.4 Å². The number of rotatable bonds is 17. The van der Waals surface area contributed by atoms with Crippen molar-refractivity contribution in [3.63, 3.8) is 0 Å². The summed E-state index contributed by atoms with van der Waals surface area (Å²) >= 11 is 0. The molecule has 0 bridgehead atoms. The third kappa shape index (κ3) is 10.6. The SMILES string of the molecule is C=CCO[C@@H]1O[C@H](COC(=O)C(C)(C)C)[C@@H](OCc2ccc(OC)cc2)[C@H](O[Si](c2ccccc2)(c2ccccc2)C(C)(C)C)[C@H]1O[Si](c1ccccc1)(c1ccccc1)C(C)(C)C. The van der Waals surface area contributed by atoms with Gasteiger partial charge in [0.1, 0.15) is 36.8 Å². The Labute approximate surface area is 384 Å². The smallest absolute Gasteiger partial charge is 0.311 e. The van der Waals surface area contributed by atoms with Crippen LogP contribution in [0.2, 0.25) is 10.1 Å². The molecule has 1 heterocycles. The molecule has 0 spiro atoms. The molecule has 64 heavy (non-hydrogen) atoms. The highest BCUT2D eigenvalue weighted by molar-refractivity contribution is 7.00. The minimum absolute atomic E-state index is 0.107. The van der Waals surface area contributed by atoms with Gasteiger partial charge in [-0.05, 0) is 69.3 Å². The molecule has 0 amide bonds. The lowest BCUT2D eigenvalue weighted by Gasteiger charge is -2.54. The zero-order chi connectivity index (χ0) is 46.2. The van der Waals surface area contributed by atoms with E-state index in [4.69, 9.17) is 32.5 Å². The summed E-state index contributed by atoms with van der Waals surface area (Å²) in [5, 5.41) is 3.53. The zero-order valence-corrected chi connectivity index (χ0v) is 41.4. The maximum atomic E-state index is 13.6. The predicted octanol–water partition coefficient (Wildman–Crippen LogP) is 8.99. The van der Waals surface area contributed by atoms with Crippen molar-refractivity contribution in [1.82, 2.24) is 0 Å². The Hall–Kier alpha value is -4.66. The van der Waals surface area contributed by atoms with Gasteiger partial charge in [-0.1, -0.05) is 181 Å². The predicted molar refractivity (Wildman–Crippen MR) is 262 cm³/mol. The first-order chi connectivity index (χ1) is 30.5. The van der Waals surface area contributed by atoms with Crippen LogP contribution in [-0.4, -0.2) is 73.6 Å². The van der Waals surface area contributed by atoms with Crippen molar-refractivity contribution in [2.24, 2.45) is 5.41 Å². The minimum atomic E-state index is -3.39. The second-order valence-corrected chi connectivity index (χ2v) is 28.1. The number of benzene rings is 5. The highest BCUT2D eigenvalue weighted by Crippen LogP contribution is 2.44. The molecule has 0 aromatic heterocycles. The molecule has 1 aliphatic heterocycles. The lowest BCUT2D eigenvalue weighted by Crippen LogP contribution is -2.75. The fourth-order valence-corrected chi connectivity index (χ4v) is 18.2. The molecule has 0 N–H and O–H groups in total. The number of carbonyl (C=O) groups excluding carboxylic acids is 1. The van der Waals surface area contributed by atoms with Crippen molar-refractivity contribution in [3.05, 3.63) is 164 Å². The summed E-state index contributed by atoms with van der Waals surface area (Å²) in [6.45, 7) is 23.4. The molecule has 0 unspecified atom stereocenters. The topological polar surface area (TPSA) is 81.7 Å². The number of hydrogen-bond donors (Lipinski definition) is 0.